The summed E-state index contributed by atoms with van der Waals surface area (Å²) >= 11 is 0. The molecule has 37 heavy (non-hydrogen) atoms. The summed E-state index contributed by atoms with van der Waals surface area (Å²) in [6, 6.07) is 0. The average Bonchev–Trinajstić information content (AvgIpc) is 3.50. The van der Waals surface area contributed by atoms with E-state index in [2.05, 4.69) is 0 Å². The summed E-state index contributed by atoms with van der Waals surface area (Å²) in [6.07, 6.45) is -2.02. The molecule has 1 aliphatic heterocycles. The van der Waals surface area contributed by atoms with Crippen LogP contribution < -0.4 is 0 Å². The van der Waals surface area contributed by atoms with Gasteiger partial charge in [-0.05, 0) is 44.4 Å². The molecule has 4 saturated carbocycles. The lowest BCUT2D eigenvalue weighted by Crippen LogP contribution is -2.70. The van der Waals surface area contributed by atoms with Crippen molar-refractivity contribution in [2.24, 2.45) is 28.6 Å². The zero-order chi connectivity index (χ0) is 27.1. The Labute approximate surface area is 214 Å². The van der Waals surface area contributed by atoms with Gasteiger partial charge >= 0.3 is 11.9 Å². The first-order valence-electron chi connectivity index (χ1n) is 13.2. The fourth-order valence-corrected chi connectivity index (χ4v) is 8.51. The number of hydrogen-bond acceptors (Lipinski definition) is 9. The molecule has 0 radical (unpaired) electrons. The number of ketones is 4. The van der Waals surface area contributed by atoms with Crippen LogP contribution in [-0.2, 0) is 43.0 Å². The van der Waals surface area contributed by atoms with Crippen molar-refractivity contribution in [1.29, 1.82) is 0 Å². The molecule has 0 aromatic rings. The van der Waals surface area contributed by atoms with Crippen LogP contribution in [0.3, 0.4) is 0 Å². The highest BCUT2D eigenvalue weighted by molar-refractivity contribution is 6.44. The number of fused-ring (bicyclic) bond motifs is 3. The number of carbonyl (C=O) groups excluding carboxylic acids is 6. The first-order valence-corrected chi connectivity index (χ1v) is 13.2. The van der Waals surface area contributed by atoms with E-state index < -0.39 is 94.2 Å². The molecule has 9 nitrogen and oxygen atoms in total. The molecule has 0 aromatic carbocycles. The predicted molar refractivity (Wildman–Crippen MR) is 123 cm³/mol. The first kappa shape index (κ1) is 26.1. The van der Waals surface area contributed by atoms with Crippen LogP contribution in [0, 0.1) is 28.6 Å². The van der Waals surface area contributed by atoms with Gasteiger partial charge in [0.25, 0.3) is 0 Å². The molecule has 1 saturated heterocycles. The maximum Gasteiger partial charge on any atom is 0.306 e. The van der Waals surface area contributed by atoms with E-state index in [0.717, 1.165) is 0 Å². The van der Waals surface area contributed by atoms with Crippen molar-refractivity contribution in [3.63, 3.8) is 0 Å². The van der Waals surface area contributed by atoms with Crippen molar-refractivity contribution in [3.05, 3.63) is 0 Å². The maximum atomic E-state index is 15.8. The Kier molecular flexibility index (Phi) is 5.83. The molecule has 5 aliphatic rings. The van der Waals surface area contributed by atoms with Crippen molar-refractivity contribution in [3.8, 4) is 0 Å². The minimum Gasteiger partial charge on any atom is -0.457 e. The van der Waals surface area contributed by atoms with E-state index in [1.54, 1.807) is 20.8 Å². The van der Waals surface area contributed by atoms with Crippen LogP contribution >= 0.6 is 0 Å². The third-order valence-corrected chi connectivity index (χ3v) is 10.4. The molecule has 0 bridgehead atoms. The topological polar surface area (TPSA) is 133 Å². The van der Waals surface area contributed by atoms with Gasteiger partial charge in [-0.25, -0.2) is 4.39 Å². The van der Waals surface area contributed by atoms with Crippen molar-refractivity contribution in [2.45, 2.75) is 96.1 Å². The summed E-state index contributed by atoms with van der Waals surface area (Å²) < 4.78 is 33.1. The van der Waals surface area contributed by atoms with Crippen LogP contribution in [0.2, 0.25) is 0 Å². The molecular weight excluding hydrogens is 487 g/mol. The highest BCUT2D eigenvalue weighted by Gasteiger charge is 2.86. The number of epoxide rings is 1. The molecule has 10 heteroatoms. The summed E-state index contributed by atoms with van der Waals surface area (Å²) in [5, 5.41) is 0. The molecule has 5 fully saturated rings. The van der Waals surface area contributed by atoms with E-state index in [-0.39, 0.29) is 38.0 Å². The summed E-state index contributed by atoms with van der Waals surface area (Å²) in [5.41, 5.74) is -5.16. The molecule has 9 atom stereocenters. The number of hydrogen-bond donors (Lipinski definition) is 0. The smallest absolute Gasteiger partial charge is 0.306 e. The normalized spacial score (nSPS) is 45.8. The fraction of sp³-hybridized carbons (Fsp3) is 0.778. The SMILES string of the molecule is CCC(=O)OCC(=O)[C@@]1(OC(=O)CC)CC[C@H]2[C@@H]3CC(F)C4C(=O)C(=O)CC(=O)[C@]4(C)[C@]34OC4C[C@@]21C. The van der Waals surface area contributed by atoms with E-state index in [1.165, 1.54) is 0 Å². The second-order valence-corrected chi connectivity index (χ2v) is 11.7. The Morgan fingerprint density at radius 1 is 1.05 bits per heavy atom. The zero-order valence-corrected chi connectivity index (χ0v) is 21.6. The number of halogens is 1. The minimum absolute atomic E-state index is 0.0365. The monoisotopic (exact) mass is 520 g/mol. The number of Topliss-reactive ketones (excluding diaryl/α,β-unsaturated/α-hetero) is 4. The van der Waals surface area contributed by atoms with Gasteiger partial charge in [-0.15, -0.1) is 0 Å². The van der Waals surface area contributed by atoms with Gasteiger partial charge in [0.05, 0.1) is 23.9 Å². The Morgan fingerprint density at radius 3 is 2.38 bits per heavy atom. The second-order valence-electron chi connectivity index (χ2n) is 11.7. The molecular formula is C27H33FO9. The van der Waals surface area contributed by atoms with Gasteiger partial charge in [0, 0.05) is 18.3 Å². The van der Waals surface area contributed by atoms with Crippen molar-refractivity contribution in [2.75, 3.05) is 6.61 Å². The lowest BCUT2D eigenvalue weighted by Gasteiger charge is -2.58. The number of rotatable bonds is 6. The molecule has 0 aromatic heterocycles. The van der Waals surface area contributed by atoms with Crippen molar-refractivity contribution < 1.29 is 47.4 Å². The minimum atomic E-state index is -1.72. The molecule has 202 valence electrons. The summed E-state index contributed by atoms with van der Waals surface area (Å²) in [4.78, 5) is 76.3. The third kappa shape index (κ3) is 3.11. The highest BCUT2D eigenvalue weighted by Crippen LogP contribution is 2.76. The van der Waals surface area contributed by atoms with E-state index in [0.29, 0.717) is 6.42 Å². The van der Waals surface area contributed by atoms with Crippen LogP contribution in [0.1, 0.15) is 72.6 Å². The van der Waals surface area contributed by atoms with Crippen LogP contribution in [0.4, 0.5) is 4.39 Å². The average molecular weight is 521 g/mol. The van der Waals surface area contributed by atoms with Gasteiger partial charge < -0.3 is 14.2 Å². The Morgan fingerprint density at radius 2 is 1.73 bits per heavy atom. The van der Waals surface area contributed by atoms with Gasteiger partial charge in [-0.3, -0.25) is 28.8 Å². The van der Waals surface area contributed by atoms with Gasteiger partial charge in [0.1, 0.15) is 17.6 Å². The van der Waals surface area contributed by atoms with Gasteiger partial charge in [0.15, 0.2) is 12.2 Å². The number of alkyl halides is 1. The molecule has 5 rings (SSSR count). The van der Waals surface area contributed by atoms with Crippen LogP contribution in [0.25, 0.3) is 0 Å². The quantitative estimate of drug-likeness (QED) is 0.224. The molecule has 1 heterocycles. The molecule has 4 aliphatic carbocycles. The number of carbonyl (C=O) groups is 6. The van der Waals surface area contributed by atoms with Gasteiger partial charge in [0.2, 0.25) is 17.3 Å². The summed E-state index contributed by atoms with van der Waals surface area (Å²) in [5.74, 6) is -6.12. The van der Waals surface area contributed by atoms with Crippen LogP contribution in [0.5, 0.6) is 0 Å². The van der Waals surface area contributed by atoms with Gasteiger partial charge in [-0.1, -0.05) is 20.8 Å². The predicted octanol–water partition coefficient (Wildman–Crippen LogP) is 2.25. The standard InChI is InChI=1S/C27H33FO9/c1-5-20(32)35-12-18(31)26(37-21(33)6-2)8-7-13-14-9-15(28)22-23(34)16(29)10-17(30)25(22,4)27(14)19(36-27)11-24(13,26)3/h13-15,19,22H,5-12H2,1-4H3/t13-,14-,15?,19?,22?,24-,25-,26-,27-/m0/s1. The molecule has 3 unspecified atom stereocenters. The highest BCUT2D eigenvalue weighted by atomic mass is 19.1. The Balaban J connectivity index is 1.55. The third-order valence-electron chi connectivity index (χ3n) is 10.4. The first-order chi connectivity index (χ1) is 17.3. The largest absolute Gasteiger partial charge is 0.457 e. The summed E-state index contributed by atoms with van der Waals surface area (Å²) in [7, 11) is 0. The second kappa shape index (κ2) is 8.25. The Hall–Kier alpha value is -2.49. The number of esters is 2. The van der Waals surface area contributed by atoms with Crippen molar-refractivity contribution in [1.82, 2.24) is 0 Å². The van der Waals surface area contributed by atoms with E-state index in [9.17, 15) is 28.8 Å². The molecule has 1 spiro atoms. The fourth-order valence-electron chi connectivity index (χ4n) is 8.51. The zero-order valence-electron chi connectivity index (χ0n) is 21.6. The van der Waals surface area contributed by atoms with E-state index >= 15 is 4.39 Å². The molecule has 0 amide bonds. The van der Waals surface area contributed by atoms with Crippen molar-refractivity contribution >= 4 is 35.1 Å². The lowest BCUT2D eigenvalue weighted by atomic mass is 9.43. The maximum absolute atomic E-state index is 15.8. The number of ether oxygens (including phenoxy) is 3. The van der Waals surface area contributed by atoms with E-state index in [4.69, 9.17) is 14.2 Å². The lowest BCUT2D eigenvalue weighted by molar-refractivity contribution is -0.194. The summed E-state index contributed by atoms with van der Waals surface area (Å²) in [6.45, 7) is 6.06. The Bertz CT molecular complexity index is 1120. The van der Waals surface area contributed by atoms with Crippen LogP contribution in [0.15, 0.2) is 0 Å². The van der Waals surface area contributed by atoms with E-state index in [1.807, 2.05) is 6.92 Å². The van der Waals surface area contributed by atoms with Gasteiger partial charge in [-0.2, -0.15) is 0 Å². The molecule has 0 N–H and O–H groups in total. The van der Waals surface area contributed by atoms with Crippen LogP contribution in [-0.4, -0.2) is 65.2 Å².